The molecule has 1 amide bonds. The first-order chi connectivity index (χ1) is 8.79. The fourth-order valence-electron chi connectivity index (χ4n) is 1.30. The van der Waals surface area contributed by atoms with Crippen molar-refractivity contribution in [3.8, 4) is 5.75 Å². The minimum atomic E-state index is -3.18. The Morgan fingerprint density at radius 2 is 2.05 bits per heavy atom. The van der Waals surface area contributed by atoms with E-state index in [-0.39, 0.29) is 18.2 Å². The van der Waals surface area contributed by atoms with Crippen molar-refractivity contribution >= 4 is 38.5 Å². The molecule has 19 heavy (non-hydrogen) atoms. The quantitative estimate of drug-likeness (QED) is 0.485. The molecule has 0 radical (unpaired) electrons. The highest BCUT2D eigenvalue weighted by molar-refractivity contribution is 14.1. The molecule has 0 aliphatic carbocycles. The molecule has 106 valence electrons. The molecule has 0 fully saturated rings. The fourth-order valence-corrected chi connectivity index (χ4v) is 2.15. The Bertz CT molecular complexity index is 560. The van der Waals surface area contributed by atoms with Gasteiger partial charge in [0.1, 0.15) is 5.75 Å². The maximum atomic E-state index is 11.7. The fraction of sp³-hybridized carbons (Fsp3) is 0.364. The van der Waals surface area contributed by atoms with Crippen molar-refractivity contribution in [3.63, 3.8) is 0 Å². The van der Waals surface area contributed by atoms with Gasteiger partial charge in [0.25, 0.3) is 5.91 Å². The summed E-state index contributed by atoms with van der Waals surface area (Å²) in [5.74, 6) is -0.238. The number of amides is 1. The Hall–Kier alpha value is -0.870. The van der Waals surface area contributed by atoms with Crippen LogP contribution in [0.25, 0.3) is 0 Å². The molecule has 0 spiro atoms. The van der Waals surface area contributed by atoms with Crippen molar-refractivity contribution in [2.24, 2.45) is 0 Å². The normalized spacial score (nSPS) is 11.3. The summed E-state index contributed by atoms with van der Waals surface area (Å²) < 4.78 is 24.6. The molecule has 1 aromatic carbocycles. The van der Waals surface area contributed by atoms with Crippen LogP contribution in [0.4, 0.5) is 0 Å². The van der Waals surface area contributed by atoms with E-state index >= 15 is 0 Å². The van der Waals surface area contributed by atoms with Crippen molar-refractivity contribution in [1.82, 2.24) is 10.0 Å². The second-order valence-electron chi connectivity index (χ2n) is 3.94. The summed E-state index contributed by atoms with van der Waals surface area (Å²) in [7, 11) is -3.18. The summed E-state index contributed by atoms with van der Waals surface area (Å²) in [6, 6.07) is 4.66. The van der Waals surface area contributed by atoms with Gasteiger partial charge < -0.3 is 10.4 Å². The lowest BCUT2D eigenvalue weighted by Crippen LogP contribution is -2.29. The van der Waals surface area contributed by atoms with Crippen LogP contribution in [0, 0.1) is 3.57 Å². The van der Waals surface area contributed by atoms with Gasteiger partial charge in [-0.15, -0.1) is 0 Å². The van der Waals surface area contributed by atoms with Crippen LogP contribution in [-0.2, 0) is 10.0 Å². The Morgan fingerprint density at radius 1 is 1.37 bits per heavy atom. The minimum absolute atomic E-state index is 0.0620. The molecule has 0 unspecified atom stereocenters. The third kappa shape index (κ3) is 6.21. The van der Waals surface area contributed by atoms with Gasteiger partial charge in [0.05, 0.1) is 9.83 Å². The summed E-state index contributed by atoms with van der Waals surface area (Å²) in [6.07, 6.45) is 1.58. The van der Waals surface area contributed by atoms with E-state index in [1.165, 1.54) is 6.07 Å². The van der Waals surface area contributed by atoms with E-state index in [2.05, 4.69) is 10.0 Å². The molecule has 6 nitrogen and oxygen atoms in total. The summed E-state index contributed by atoms with van der Waals surface area (Å²) in [5.41, 5.74) is 0.369. The highest BCUT2D eigenvalue weighted by Gasteiger charge is 2.07. The first kappa shape index (κ1) is 16.2. The Labute approximate surface area is 125 Å². The van der Waals surface area contributed by atoms with Gasteiger partial charge in [-0.1, -0.05) is 0 Å². The minimum Gasteiger partial charge on any atom is -0.507 e. The number of hydrogen-bond donors (Lipinski definition) is 3. The Morgan fingerprint density at radius 3 is 2.63 bits per heavy atom. The maximum absolute atomic E-state index is 11.7. The van der Waals surface area contributed by atoms with Crippen LogP contribution in [0.15, 0.2) is 18.2 Å². The first-order valence-corrected chi connectivity index (χ1v) is 8.48. The number of aromatic hydroxyl groups is 1. The van der Waals surface area contributed by atoms with Gasteiger partial charge in [0.2, 0.25) is 10.0 Å². The number of carbonyl (C=O) groups excluding carboxylic acids is 1. The lowest BCUT2D eigenvalue weighted by Gasteiger charge is -2.06. The molecule has 8 heteroatoms. The van der Waals surface area contributed by atoms with Crippen molar-refractivity contribution in [2.75, 3.05) is 19.3 Å². The SMILES string of the molecule is CS(=O)(=O)NCCCNC(=O)c1ccc(I)c(O)c1. The predicted molar refractivity (Wildman–Crippen MR) is 80.6 cm³/mol. The smallest absolute Gasteiger partial charge is 0.251 e. The van der Waals surface area contributed by atoms with E-state index in [4.69, 9.17) is 0 Å². The lowest BCUT2D eigenvalue weighted by molar-refractivity contribution is 0.0953. The molecule has 0 atom stereocenters. The summed E-state index contributed by atoms with van der Waals surface area (Å²) in [4.78, 5) is 11.7. The van der Waals surface area contributed by atoms with Crippen LogP contribution < -0.4 is 10.0 Å². The molecule has 1 aromatic rings. The Balaban J connectivity index is 2.37. The van der Waals surface area contributed by atoms with Crippen molar-refractivity contribution in [1.29, 1.82) is 0 Å². The van der Waals surface area contributed by atoms with Gasteiger partial charge in [-0.2, -0.15) is 0 Å². The third-order valence-electron chi connectivity index (χ3n) is 2.21. The number of phenolic OH excluding ortho intramolecular Hbond substituents is 1. The van der Waals surface area contributed by atoms with Crippen LogP contribution in [0.1, 0.15) is 16.8 Å². The van der Waals surface area contributed by atoms with Gasteiger partial charge in [0.15, 0.2) is 0 Å². The molecule has 3 N–H and O–H groups in total. The molecule has 1 rings (SSSR count). The van der Waals surface area contributed by atoms with E-state index in [1.807, 2.05) is 22.6 Å². The molecule has 0 saturated heterocycles. The zero-order valence-electron chi connectivity index (χ0n) is 10.3. The summed E-state index contributed by atoms with van der Waals surface area (Å²) >= 11 is 1.96. The lowest BCUT2D eigenvalue weighted by atomic mass is 10.2. The summed E-state index contributed by atoms with van der Waals surface area (Å²) in [6.45, 7) is 0.630. The number of rotatable bonds is 6. The molecular weight excluding hydrogens is 383 g/mol. The van der Waals surface area contributed by atoms with Gasteiger partial charge in [-0.3, -0.25) is 4.79 Å². The van der Waals surface area contributed by atoms with Gasteiger partial charge in [-0.05, 0) is 47.2 Å². The van der Waals surface area contributed by atoms with E-state index in [9.17, 15) is 18.3 Å². The van der Waals surface area contributed by atoms with Crippen LogP contribution in [-0.4, -0.2) is 38.8 Å². The molecule has 0 saturated carbocycles. The van der Waals surface area contributed by atoms with Crippen LogP contribution >= 0.6 is 22.6 Å². The van der Waals surface area contributed by atoms with Gasteiger partial charge >= 0.3 is 0 Å². The van der Waals surface area contributed by atoms with E-state index in [0.29, 0.717) is 22.1 Å². The highest BCUT2D eigenvalue weighted by atomic mass is 127. The Kier molecular flexibility index (Phi) is 6.01. The second kappa shape index (κ2) is 7.06. The van der Waals surface area contributed by atoms with Crippen LogP contribution in [0.5, 0.6) is 5.75 Å². The predicted octanol–water partition coefficient (Wildman–Crippen LogP) is 0.666. The van der Waals surface area contributed by atoms with Crippen LogP contribution in [0.2, 0.25) is 0 Å². The number of benzene rings is 1. The van der Waals surface area contributed by atoms with Crippen molar-refractivity contribution in [2.45, 2.75) is 6.42 Å². The molecule has 0 bridgehead atoms. The third-order valence-corrected chi connectivity index (χ3v) is 3.85. The number of halogens is 1. The average molecular weight is 398 g/mol. The number of sulfonamides is 1. The molecule has 0 aliphatic heterocycles. The highest BCUT2D eigenvalue weighted by Crippen LogP contribution is 2.20. The number of phenols is 1. The molecule has 0 aromatic heterocycles. The first-order valence-electron chi connectivity index (χ1n) is 5.51. The van der Waals surface area contributed by atoms with E-state index < -0.39 is 10.0 Å². The van der Waals surface area contributed by atoms with Gasteiger partial charge in [0, 0.05) is 18.7 Å². The topological polar surface area (TPSA) is 95.5 Å². The number of hydrogen-bond acceptors (Lipinski definition) is 4. The molecular formula is C11H15IN2O4S. The standard InChI is InChI=1S/C11H15IN2O4S/c1-19(17,18)14-6-2-5-13-11(16)8-3-4-9(12)10(15)7-8/h3-4,7,14-15H,2,5-6H2,1H3,(H,13,16). The molecule has 0 aliphatic rings. The monoisotopic (exact) mass is 398 g/mol. The van der Waals surface area contributed by atoms with Crippen molar-refractivity contribution < 1.29 is 18.3 Å². The zero-order valence-corrected chi connectivity index (χ0v) is 13.3. The van der Waals surface area contributed by atoms with Crippen LogP contribution in [0.3, 0.4) is 0 Å². The molecule has 0 heterocycles. The van der Waals surface area contributed by atoms with E-state index in [1.54, 1.807) is 12.1 Å². The second-order valence-corrected chi connectivity index (χ2v) is 6.94. The number of carbonyl (C=O) groups is 1. The van der Waals surface area contributed by atoms with Crippen molar-refractivity contribution in [3.05, 3.63) is 27.3 Å². The largest absolute Gasteiger partial charge is 0.507 e. The average Bonchev–Trinajstić information content (AvgIpc) is 2.30. The van der Waals surface area contributed by atoms with E-state index in [0.717, 1.165) is 6.26 Å². The van der Waals surface area contributed by atoms with Gasteiger partial charge in [-0.25, -0.2) is 13.1 Å². The zero-order chi connectivity index (χ0) is 14.5. The number of nitrogens with one attached hydrogen (secondary N) is 2. The maximum Gasteiger partial charge on any atom is 0.251 e. The summed E-state index contributed by atoms with van der Waals surface area (Å²) in [5, 5.41) is 12.1.